The van der Waals surface area contributed by atoms with Crippen LogP contribution < -0.4 is 10.1 Å². The molecule has 6 heteroatoms. The summed E-state index contributed by atoms with van der Waals surface area (Å²) in [6, 6.07) is 24.2. The number of carbonyl (C=O) groups excluding carboxylic acids is 1. The number of Topliss-reactive ketones (excluding diaryl/α,β-unsaturated/α-hetero) is 1. The van der Waals surface area contributed by atoms with Crippen LogP contribution in [0.25, 0.3) is 27.9 Å². The zero-order valence-electron chi connectivity index (χ0n) is 20.3. The Kier molecular flexibility index (Phi) is 5.85. The topological polar surface area (TPSA) is 68.5 Å². The zero-order valence-corrected chi connectivity index (χ0v) is 20.3. The number of imidazole rings is 1. The highest BCUT2D eigenvalue weighted by molar-refractivity contribution is 5.97. The van der Waals surface area contributed by atoms with Crippen LogP contribution in [-0.4, -0.2) is 33.8 Å². The number of nitrogens with zero attached hydrogens (tertiary/aromatic N) is 3. The number of hydrogen-bond donors (Lipinski definition) is 1. The minimum Gasteiger partial charge on any atom is -0.497 e. The lowest BCUT2D eigenvalue weighted by Gasteiger charge is -2.12. The van der Waals surface area contributed by atoms with Crippen molar-refractivity contribution in [2.45, 2.75) is 25.7 Å². The molecule has 6 rings (SSSR count). The quantitative estimate of drug-likeness (QED) is 0.257. The number of nitrogens with one attached hydrogen (secondary N) is 1. The fraction of sp³-hybridized carbons (Fsp3) is 0.233. The van der Waals surface area contributed by atoms with E-state index in [9.17, 15) is 4.79 Å². The molecule has 3 aromatic carbocycles. The molecule has 5 aromatic rings. The SMILES string of the molecule is COc1ccc(CCNc2nc3ccccc3n3c(-c4ccc(C(=O)CC5CC5)cc4)cnc23)cc1. The van der Waals surface area contributed by atoms with Gasteiger partial charge in [-0.15, -0.1) is 0 Å². The summed E-state index contributed by atoms with van der Waals surface area (Å²) in [5.41, 5.74) is 6.68. The van der Waals surface area contributed by atoms with Gasteiger partial charge in [0, 0.05) is 24.1 Å². The number of ether oxygens (including phenoxy) is 1. The Hall–Kier alpha value is -4.19. The van der Waals surface area contributed by atoms with Crippen molar-refractivity contribution in [2.75, 3.05) is 19.0 Å². The first-order valence-electron chi connectivity index (χ1n) is 12.5. The van der Waals surface area contributed by atoms with Gasteiger partial charge < -0.3 is 10.1 Å². The maximum Gasteiger partial charge on any atom is 0.181 e. The number of ketones is 1. The molecule has 2 aromatic heterocycles. The van der Waals surface area contributed by atoms with Crippen LogP contribution in [0.5, 0.6) is 5.75 Å². The second-order valence-electron chi connectivity index (χ2n) is 9.42. The molecule has 1 saturated carbocycles. The number of para-hydroxylation sites is 2. The average molecular weight is 477 g/mol. The second kappa shape index (κ2) is 9.46. The van der Waals surface area contributed by atoms with Gasteiger partial charge in [-0.05, 0) is 55.0 Å². The van der Waals surface area contributed by atoms with Crippen molar-refractivity contribution in [3.63, 3.8) is 0 Å². The van der Waals surface area contributed by atoms with Crippen molar-refractivity contribution in [3.8, 4) is 17.0 Å². The first-order chi connectivity index (χ1) is 17.7. The van der Waals surface area contributed by atoms with Crippen LogP contribution in [0.4, 0.5) is 5.82 Å². The van der Waals surface area contributed by atoms with Crippen molar-refractivity contribution in [1.82, 2.24) is 14.4 Å². The van der Waals surface area contributed by atoms with Crippen LogP contribution >= 0.6 is 0 Å². The van der Waals surface area contributed by atoms with Crippen molar-refractivity contribution >= 4 is 28.3 Å². The van der Waals surface area contributed by atoms with Crippen LogP contribution in [0, 0.1) is 5.92 Å². The summed E-state index contributed by atoms with van der Waals surface area (Å²) in [7, 11) is 1.68. The smallest absolute Gasteiger partial charge is 0.181 e. The average Bonchev–Trinajstić information content (AvgIpc) is 3.62. The molecule has 0 unspecified atom stereocenters. The van der Waals surface area contributed by atoms with E-state index in [1.807, 2.05) is 60.8 Å². The van der Waals surface area contributed by atoms with Crippen LogP contribution in [0.1, 0.15) is 35.2 Å². The summed E-state index contributed by atoms with van der Waals surface area (Å²) < 4.78 is 7.41. The number of anilines is 1. The van der Waals surface area contributed by atoms with E-state index in [1.54, 1.807) is 7.11 Å². The van der Waals surface area contributed by atoms with E-state index in [1.165, 1.54) is 18.4 Å². The van der Waals surface area contributed by atoms with Crippen molar-refractivity contribution in [1.29, 1.82) is 0 Å². The van der Waals surface area contributed by atoms with Gasteiger partial charge in [0.15, 0.2) is 17.2 Å². The molecule has 0 amide bonds. The molecule has 1 aliphatic rings. The number of rotatable bonds is 9. The third-order valence-electron chi connectivity index (χ3n) is 6.87. The van der Waals surface area contributed by atoms with E-state index >= 15 is 0 Å². The van der Waals surface area contributed by atoms with E-state index < -0.39 is 0 Å². The van der Waals surface area contributed by atoms with E-state index in [2.05, 4.69) is 27.9 Å². The minimum absolute atomic E-state index is 0.236. The highest BCUT2D eigenvalue weighted by Crippen LogP contribution is 2.34. The van der Waals surface area contributed by atoms with Crippen LogP contribution in [0.2, 0.25) is 0 Å². The number of carbonyl (C=O) groups is 1. The van der Waals surface area contributed by atoms with E-state index in [4.69, 9.17) is 14.7 Å². The van der Waals surface area contributed by atoms with Gasteiger partial charge in [-0.25, -0.2) is 9.97 Å². The first-order valence-corrected chi connectivity index (χ1v) is 12.5. The maximum absolute atomic E-state index is 12.5. The number of aromatic nitrogens is 3. The van der Waals surface area contributed by atoms with Gasteiger partial charge in [-0.2, -0.15) is 0 Å². The number of methoxy groups -OCH3 is 1. The summed E-state index contributed by atoms with van der Waals surface area (Å²) >= 11 is 0. The molecule has 2 heterocycles. The van der Waals surface area contributed by atoms with Gasteiger partial charge in [0.1, 0.15) is 5.75 Å². The predicted molar refractivity (Wildman–Crippen MR) is 143 cm³/mol. The highest BCUT2D eigenvalue weighted by atomic mass is 16.5. The summed E-state index contributed by atoms with van der Waals surface area (Å²) in [6.07, 6.45) is 5.77. The van der Waals surface area contributed by atoms with Crippen LogP contribution in [-0.2, 0) is 6.42 Å². The van der Waals surface area contributed by atoms with Gasteiger partial charge in [-0.3, -0.25) is 9.20 Å². The normalized spacial score (nSPS) is 13.2. The van der Waals surface area contributed by atoms with Crippen molar-refractivity contribution < 1.29 is 9.53 Å². The molecule has 0 radical (unpaired) electrons. The molecule has 0 bridgehead atoms. The molecule has 180 valence electrons. The van der Waals surface area contributed by atoms with E-state index in [-0.39, 0.29) is 5.78 Å². The lowest BCUT2D eigenvalue weighted by molar-refractivity contribution is 0.0976. The largest absolute Gasteiger partial charge is 0.497 e. The standard InChI is InChI=1S/C30H28N4O2/c1-36-24-14-8-20(9-15-24)16-17-31-29-30-32-19-27(34(30)26-5-3-2-4-25(26)33-29)22-10-12-23(13-11-22)28(35)18-21-6-7-21/h2-5,8-15,19,21H,6-7,16-18H2,1H3,(H,31,33). The lowest BCUT2D eigenvalue weighted by Crippen LogP contribution is -2.09. The first kappa shape index (κ1) is 22.3. The van der Waals surface area contributed by atoms with Gasteiger partial charge in [0.25, 0.3) is 0 Å². The Labute approximate surface area is 210 Å². The third kappa shape index (κ3) is 4.42. The second-order valence-corrected chi connectivity index (χ2v) is 9.42. The molecule has 0 aliphatic heterocycles. The van der Waals surface area contributed by atoms with E-state index in [0.717, 1.165) is 58.0 Å². The predicted octanol–water partition coefficient (Wildman–Crippen LogP) is 6.20. The fourth-order valence-electron chi connectivity index (χ4n) is 4.65. The fourth-order valence-corrected chi connectivity index (χ4v) is 4.65. The monoisotopic (exact) mass is 476 g/mol. The third-order valence-corrected chi connectivity index (χ3v) is 6.87. The molecule has 36 heavy (non-hydrogen) atoms. The summed E-state index contributed by atoms with van der Waals surface area (Å²) in [5, 5.41) is 3.50. The molecule has 6 nitrogen and oxygen atoms in total. The maximum atomic E-state index is 12.5. The number of hydrogen-bond acceptors (Lipinski definition) is 5. The van der Waals surface area contributed by atoms with Gasteiger partial charge >= 0.3 is 0 Å². The van der Waals surface area contributed by atoms with E-state index in [0.29, 0.717) is 12.3 Å². The van der Waals surface area contributed by atoms with Crippen LogP contribution in [0.3, 0.4) is 0 Å². The lowest BCUT2D eigenvalue weighted by atomic mass is 10.0. The molecule has 1 aliphatic carbocycles. The Balaban J connectivity index is 1.30. The van der Waals surface area contributed by atoms with Crippen LogP contribution in [0.15, 0.2) is 79.0 Å². The Morgan fingerprint density at radius 3 is 2.56 bits per heavy atom. The Bertz CT molecular complexity index is 1530. The van der Waals surface area contributed by atoms with Crippen molar-refractivity contribution in [3.05, 3.63) is 90.1 Å². The molecular formula is C30H28N4O2. The Morgan fingerprint density at radius 2 is 1.81 bits per heavy atom. The Morgan fingerprint density at radius 1 is 1.03 bits per heavy atom. The molecular weight excluding hydrogens is 448 g/mol. The molecule has 1 N–H and O–H groups in total. The molecule has 0 atom stereocenters. The molecule has 1 fully saturated rings. The molecule has 0 saturated heterocycles. The summed E-state index contributed by atoms with van der Waals surface area (Å²) in [4.78, 5) is 22.2. The number of fused-ring (bicyclic) bond motifs is 3. The number of benzene rings is 3. The van der Waals surface area contributed by atoms with Gasteiger partial charge in [0.05, 0.1) is 30.0 Å². The molecule has 0 spiro atoms. The van der Waals surface area contributed by atoms with Crippen molar-refractivity contribution in [2.24, 2.45) is 5.92 Å². The van der Waals surface area contributed by atoms with Gasteiger partial charge in [0.2, 0.25) is 0 Å². The minimum atomic E-state index is 0.236. The summed E-state index contributed by atoms with van der Waals surface area (Å²) in [5.74, 6) is 2.44. The summed E-state index contributed by atoms with van der Waals surface area (Å²) in [6.45, 7) is 0.729. The highest BCUT2D eigenvalue weighted by Gasteiger charge is 2.25. The zero-order chi connectivity index (χ0) is 24.5. The van der Waals surface area contributed by atoms with Gasteiger partial charge in [-0.1, -0.05) is 48.5 Å².